The number of halogens is 3. The Morgan fingerprint density at radius 2 is 1.12 bits per heavy atom. The molecule has 2 rings (SSSR count). The van der Waals surface area contributed by atoms with Gasteiger partial charge in [0.1, 0.15) is 5.82 Å². The van der Waals surface area contributed by atoms with E-state index in [1.54, 1.807) is 0 Å². The van der Waals surface area contributed by atoms with Gasteiger partial charge in [-0.05, 0) is 21.9 Å². The van der Waals surface area contributed by atoms with Gasteiger partial charge in [-0.15, -0.1) is 0 Å². The van der Waals surface area contributed by atoms with Crippen LogP contribution in [0.4, 0.5) is 0 Å². The molecule has 0 bridgehead atoms. The SMILES string of the molecule is CCCCCCCCCCCCCCCCCCc1cnc(Cc2ccccc2)[nH]1.ClN(Cl)Cl. The van der Waals surface area contributed by atoms with Gasteiger partial charge < -0.3 is 4.98 Å². The molecule has 1 N–H and O–H groups in total. The van der Waals surface area contributed by atoms with Crippen LogP contribution in [0.15, 0.2) is 36.5 Å². The van der Waals surface area contributed by atoms with Crippen molar-refractivity contribution >= 4 is 35.3 Å². The van der Waals surface area contributed by atoms with Crippen molar-refractivity contribution in [1.82, 2.24) is 13.4 Å². The Morgan fingerprint density at radius 1 is 0.676 bits per heavy atom. The lowest BCUT2D eigenvalue weighted by Crippen LogP contribution is -1.91. The molecular formula is C28H46Cl3N3. The molecule has 0 spiro atoms. The van der Waals surface area contributed by atoms with Crippen LogP contribution in [0.3, 0.4) is 0 Å². The Bertz CT molecular complexity index is 674. The molecule has 0 aliphatic carbocycles. The summed E-state index contributed by atoms with van der Waals surface area (Å²) in [6, 6.07) is 10.6. The highest BCUT2D eigenvalue weighted by Crippen LogP contribution is 2.14. The molecule has 1 aromatic heterocycles. The molecule has 1 heterocycles. The fourth-order valence-corrected chi connectivity index (χ4v) is 4.28. The number of nitrogens with zero attached hydrogens (tertiary/aromatic N) is 2. The first-order valence-electron chi connectivity index (χ1n) is 13.5. The quantitative estimate of drug-likeness (QED) is 0.145. The first-order valence-corrected chi connectivity index (χ1v) is 14.5. The minimum atomic E-state index is 0.417. The molecule has 0 aliphatic rings. The molecule has 0 fully saturated rings. The van der Waals surface area contributed by atoms with Crippen molar-refractivity contribution in [2.24, 2.45) is 0 Å². The van der Waals surface area contributed by atoms with Crippen molar-refractivity contribution in [3.05, 3.63) is 53.6 Å². The third kappa shape index (κ3) is 19.6. The summed E-state index contributed by atoms with van der Waals surface area (Å²) in [4.78, 5) is 8.05. The van der Waals surface area contributed by atoms with Gasteiger partial charge in [-0.2, -0.15) is 0 Å². The zero-order valence-electron chi connectivity index (χ0n) is 21.2. The summed E-state index contributed by atoms with van der Waals surface area (Å²) in [6.45, 7) is 2.30. The standard InChI is InChI=1S/C28H46N2.Cl3N/c1-2-3-4-5-6-7-8-9-10-11-12-13-14-15-16-20-23-27-25-29-28(30-27)24-26-21-18-17-19-22-26;1-4(2)3/h17-19,21-22,25H,2-16,20,23-24H2,1H3,(H,29,30);. The van der Waals surface area contributed by atoms with E-state index in [1.165, 1.54) is 114 Å². The lowest BCUT2D eigenvalue weighted by molar-refractivity contribution is 0.529. The van der Waals surface area contributed by atoms with E-state index in [2.05, 4.69) is 82.6 Å². The van der Waals surface area contributed by atoms with E-state index in [9.17, 15) is 0 Å². The molecule has 0 amide bonds. The molecule has 0 aliphatic heterocycles. The van der Waals surface area contributed by atoms with Gasteiger partial charge in [0.25, 0.3) is 0 Å². The molecule has 3 nitrogen and oxygen atoms in total. The summed E-state index contributed by atoms with van der Waals surface area (Å²) in [5, 5.41) is 0. The number of hydrogen-bond acceptors (Lipinski definition) is 2. The predicted octanol–water partition coefficient (Wildman–Crippen LogP) is 10.6. The van der Waals surface area contributed by atoms with Crippen LogP contribution in [-0.2, 0) is 12.8 Å². The van der Waals surface area contributed by atoms with E-state index in [4.69, 9.17) is 0 Å². The largest absolute Gasteiger partial charge is 0.346 e. The normalized spacial score (nSPS) is 11.0. The molecule has 0 saturated carbocycles. The van der Waals surface area contributed by atoms with E-state index in [0.29, 0.717) is 3.46 Å². The van der Waals surface area contributed by atoms with Crippen LogP contribution in [0.25, 0.3) is 0 Å². The lowest BCUT2D eigenvalue weighted by atomic mass is 10.0. The van der Waals surface area contributed by atoms with Gasteiger partial charge in [-0.1, -0.05) is 134 Å². The third-order valence-electron chi connectivity index (χ3n) is 6.20. The van der Waals surface area contributed by atoms with Crippen LogP contribution in [0.1, 0.15) is 127 Å². The number of unbranched alkanes of at least 4 members (excludes halogenated alkanes) is 15. The number of aryl methyl sites for hydroxylation is 1. The summed E-state index contributed by atoms with van der Waals surface area (Å²) in [7, 11) is 0. The first-order chi connectivity index (χ1) is 16.6. The molecule has 34 heavy (non-hydrogen) atoms. The van der Waals surface area contributed by atoms with Crippen molar-refractivity contribution in [2.75, 3.05) is 0 Å². The highest BCUT2D eigenvalue weighted by molar-refractivity contribution is 6.50. The number of benzene rings is 1. The van der Waals surface area contributed by atoms with Crippen LogP contribution < -0.4 is 0 Å². The summed E-state index contributed by atoms with van der Waals surface area (Å²) in [5.74, 6) is 1.09. The van der Waals surface area contributed by atoms with Gasteiger partial charge >= 0.3 is 0 Å². The zero-order chi connectivity index (χ0) is 24.7. The summed E-state index contributed by atoms with van der Waals surface area (Å²) in [6.07, 6.45) is 26.9. The number of nitrogens with one attached hydrogen (secondary N) is 1. The van der Waals surface area contributed by atoms with Crippen LogP contribution >= 0.6 is 35.3 Å². The minimum Gasteiger partial charge on any atom is -0.346 e. The van der Waals surface area contributed by atoms with Gasteiger partial charge in [-0.25, -0.2) is 4.98 Å². The number of imidazole rings is 1. The van der Waals surface area contributed by atoms with Crippen molar-refractivity contribution in [3.63, 3.8) is 0 Å². The maximum atomic E-state index is 4.64. The number of aromatic amines is 1. The third-order valence-corrected chi connectivity index (χ3v) is 6.20. The lowest BCUT2D eigenvalue weighted by Gasteiger charge is -2.03. The average molecular weight is 531 g/mol. The predicted molar refractivity (Wildman–Crippen MR) is 150 cm³/mol. The molecule has 2 aromatic rings. The van der Waals surface area contributed by atoms with Crippen LogP contribution in [0.5, 0.6) is 0 Å². The Kier molecular flexibility index (Phi) is 20.9. The van der Waals surface area contributed by atoms with Crippen LogP contribution in [0, 0.1) is 0 Å². The van der Waals surface area contributed by atoms with E-state index < -0.39 is 0 Å². The molecule has 0 unspecified atom stereocenters. The number of rotatable bonds is 19. The molecule has 1 aromatic carbocycles. The van der Waals surface area contributed by atoms with E-state index in [0.717, 1.165) is 18.7 Å². The highest BCUT2D eigenvalue weighted by Gasteiger charge is 2.02. The Morgan fingerprint density at radius 3 is 1.59 bits per heavy atom. The van der Waals surface area contributed by atoms with Crippen molar-refractivity contribution in [1.29, 1.82) is 0 Å². The molecule has 0 atom stereocenters. The first kappa shape index (κ1) is 31.3. The van der Waals surface area contributed by atoms with Gasteiger partial charge in [-0.3, -0.25) is 0 Å². The molecule has 6 heteroatoms. The monoisotopic (exact) mass is 529 g/mol. The van der Waals surface area contributed by atoms with Crippen LogP contribution in [0.2, 0.25) is 0 Å². The van der Waals surface area contributed by atoms with Crippen molar-refractivity contribution < 1.29 is 0 Å². The Hall–Kier alpha value is -0.740. The highest BCUT2D eigenvalue weighted by atomic mass is 35.6. The molecule has 0 radical (unpaired) electrons. The minimum absolute atomic E-state index is 0.417. The second-order valence-electron chi connectivity index (χ2n) is 9.26. The van der Waals surface area contributed by atoms with Crippen LogP contribution in [-0.4, -0.2) is 13.4 Å². The fourth-order valence-electron chi connectivity index (χ4n) is 4.28. The second kappa shape index (κ2) is 22.7. The topological polar surface area (TPSA) is 31.9 Å². The van der Waals surface area contributed by atoms with Gasteiger partial charge in [0.15, 0.2) is 0 Å². The average Bonchev–Trinajstić information content (AvgIpc) is 3.26. The van der Waals surface area contributed by atoms with Gasteiger partial charge in [0.05, 0.1) is 0 Å². The summed E-state index contributed by atoms with van der Waals surface area (Å²) < 4.78 is 0.417. The van der Waals surface area contributed by atoms with E-state index in [1.807, 2.05) is 6.20 Å². The maximum absolute atomic E-state index is 4.64. The number of H-pyrrole nitrogens is 1. The zero-order valence-corrected chi connectivity index (χ0v) is 23.5. The van der Waals surface area contributed by atoms with Crippen molar-refractivity contribution in [2.45, 2.75) is 122 Å². The molecule has 194 valence electrons. The fraction of sp³-hybridized carbons (Fsp3) is 0.679. The van der Waals surface area contributed by atoms with Gasteiger partial charge in [0, 0.05) is 53.6 Å². The summed E-state index contributed by atoms with van der Waals surface area (Å²) >= 11 is 13.9. The Balaban J connectivity index is 0.00000133. The smallest absolute Gasteiger partial charge is 0.110 e. The van der Waals surface area contributed by atoms with Gasteiger partial charge in [0.2, 0.25) is 0 Å². The van der Waals surface area contributed by atoms with E-state index in [-0.39, 0.29) is 0 Å². The number of hydrogen-bond donors (Lipinski definition) is 1. The molecule has 0 saturated heterocycles. The summed E-state index contributed by atoms with van der Waals surface area (Å²) in [5.41, 5.74) is 2.62. The number of aromatic nitrogens is 2. The Labute approximate surface area is 224 Å². The maximum Gasteiger partial charge on any atom is 0.110 e. The van der Waals surface area contributed by atoms with Crippen molar-refractivity contribution in [3.8, 4) is 0 Å². The van der Waals surface area contributed by atoms with E-state index >= 15 is 0 Å². The second-order valence-corrected chi connectivity index (χ2v) is 10.8. The molecular weight excluding hydrogens is 485 g/mol.